The fourth-order valence-corrected chi connectivity index (χ4v) is 5.07. The second kappa shape index (κ2) is 13.1. The van der Waals surface area contributed by atoms with Crippen molar-refractivity contribution in [3.8, 4) is 0 Å². The lowest BCUT2D eigenvalue weighted by Crippen LogP contribution is -2.52. The van der Waals surface area contributed by atoms with E-state index in [-0.39, 0.29) is 12.5 Å². The lowest BCUT2D eigenvalue weighted by molar-refractivity contribution is -0.140. The van der Waals surface area contributed by atoms with Crippen molar-refractivity contribution in [2.75, 3.05) is 23.7 Å². The third-order valence-corrected chi connectivity index (χ3v) is 7.35. The van der Waals surface area contributed by atoms with Gasteiger partial charge in [-0.15, -0.1) is 0 Å². The van der Waals surface area contributed by atoms with Crippen molar-refractivity contribution >= 4 is 50.7 Å². The van der Waals surface area contributed by atoms with E-state index in [4.69, 9.17) is 23.2 Å². The fraction of sp³-hybridized carbons (Fsp3) is 0.440. The molecule has 2 rings (SSSR count). The van der Waals surface area contributed by atoms with Crippen LogP contribution in [-0.2, 0) is 26.2 Å². The summed E-state index contributed by atoms with van der Waals surface area (Å²) in [6.07, 6.45) is 3.13. The SMILES string of the molecule is CCCCNC(=O)C(CC)N(Cc1ccc(Cl)cc1Cl)C(=O)CN(c1ccccc1C)S(C)(=O)=O. The van der Waals surface area contributed by atoms with Crippen molar-refractivity contribution in [3.63, 3.8) is 0 Å². The topological polar surface area (TPSA) is 86.8 Å². The van der Waals surface area contributed by atoms with Gasteiger partial charge in [-0.25, -0.2) is 8.42 Å². The molecule has 0 saturated carbocycles. The minimum absolute atomic E-state index is 0.0277. The smallest absolute Gasteiger partial charge is 0.244 e. The van der Waals surface area contributed by atoms with Crippen LogP contribution in [-0.4, -0.2) is 50.5 Å². The lowest BCUT2D eigenvalue weighted by atomic mass is 10.1. The van der Waals surface area contributed by atoms with Gasteiger partial charge in [0.2, 0.25) is 21.8 Å². The number of carbonyl (C=O) groups excluding carboxylic acids is 2. The maximum atomic E-state index is 13.7. The molecule has 2 aromatic carbocycles. The third kappa shape index (κ3) is 8.12. The van der Waals surface area contributed by atoms with Gasteiger partial charge < -0.3 is 10.2 Å². The van der Waals surface area contributed by atoms with E-state index in [2.05, 4.69) is 5.32 Å². The van der Waals surface area contributed by atoms with Gasteiger partial charge in [0.1, 0.15) is 12.6 Å². The number of sulfonamides is 1. The molecule has 1 unspecified atom stereocenters. The van der Waals surface area contributed by atoms with Crippen LogP contribution in [0.4, 0.5) is 5.69 Å². The summed E-state index contributed by atoms with van der Waals surface area (Å²) < 4.78 is 26.4. The Hall–Kier alpha value is -2.29. The third-order valence-electron chi connectivity index (χ3n) is 5.63. The van der Waals surface area contributed by atoms with Gasteiger partial charge in [-0.05, 0) is 49.1 Å². The molecule has 0 fully saturated rings. The molecular formula is C25H33Cl2N3O4S. The van der Waals surface area contributed by atoms with Gasteiger partial charge in [0.25, 0.3) is 0 Å². The van der Waals surface area contributed by atoms with Gasteiger partial charge in [-0.1, -0.05) is 67.7 Å². The zero-order chi connectivity index (χ0) is 26.2. The maximum absolute atomic E-state index is 13.7. The Morgan fingerprint density at radius 3 is 2.34 bits per heavy atom. The fourth-order valence-electron chi connectivity index (χ4n) is 3.70. The van der Waals surface area contributed by atoms with Crippen LogP contribution in [0.2, 0.25) is 10.0 Å². The Labute approximate surface area is 218 Å². The van der Waals surface area contributed by atoms with Gasteiger partial charge >= 0.3 is 0 Å². The summed E-state index contributed by atoms with van der Waals surface area (Å²) in [4.78, 5) is 28.1. The van der Waals surface area contributed by atoms with E-state index in [1.165, 1.54) is 4.90 Å². The number of nitrogens with zero attached hydrogens (tertiary/aromatic N) is 2. The lowest BCUT2D eigenvalue weighted by Gasteiger charge is -2.33. The van der Waals surface area contributed by atoms with Gasteiger partial charge in [-0.3, -0.25) is 13.9 Å². The van der Waals surface area contributed by atoms with Gasteiger partial charge in [0.05, 0.1) is 11.9 Å². The number of amides is 2. The van der Waals surface area contributed by atoms with E-state index in [1.807, 2.05) is 13.8 Å². The molecule has 10 heteroatoms. The average molecular weight is 543 g/mol. The first-order valence-corrected chi connectivity index (χ1v) is 14.1. The van der Waals surface area contributed by atoms with Gasteiger partial charge in [-0.2, -0.15) is 0 Å². The van der Waals surface area contributed by atoms with E-state index < -0.39 is 28.5 Å². The van der Waals surface area contributed by atoms with Crippen LogP contribution < -0.4 is 9.62 Å². The second-order valence-corrected chi connectivity index (χ2v) is 11.1. The van der Waals surface area contributed by atoms with E-state index in [0.717, 1.165) is 23.4 Å². The summed E-state index contributed by atoms with van der Waals surface area (Å²) in [6.45, 7) is 5.68. The van der Waals surface area contributed by atoms with E-state index in [9.17, 15) is 18.0 Å². The van der Waals surface area contributed by atoms with Crippen molar-refractivity contribution in [3.05, 3.63) is 63.6 Å². The molecule has 2 aromatic rings. The number of nitrogens with one attached hydrogen (secondary N) is 1. The minimum Gasteiger partial charge on any atom is -0.354 e. The largest absolute Gasteiger partial charge is 0.354 e. The number of halogens is 2. The van der Waals surface area contributed by atoms with E-state index in [1.54, 1.807) is 49.4 Å². The summed E-state index contributed by atoms with van der Waals surface area (Å²) in [5.41, 5.74) is 1.72. The Kier molecular flexibility index (Phi) is 10.9. The van der Waals surface area contributed by atoms with Crippen LogP contribution in [0.3, 0.4) is 0 Å². The average Bonchev–Trinajstić information content (AvgIpc) is 2.78. The van der Waals surface area contributed by atoms with Crippen LogP contribution in [0.1, 0.15) is 44.2 Å². The van der Waals surface area contributed by atoms with Crippen LogP contribution in [0.25, 0.3) is 0 Å². The Morgan fingerprint density at radius 2 is 1.77 bits per heavy atom. The number of aryl methyl sites for hydroxylation is 1. The van der Waals surface area contributed by atoms with Gasteiger partial charge in [0.15, 0.2) is 0 Å². The Bertz CT molecular complexity index is 1140. The van der Waals surface area contributed by atoms with Crippen LogP contribution >= 0.6 is 23.2 Å². The van der Waals surface area contributed by atoms with E-state index in [0.29, 0.717) is 39.8 Å². The van der Waals surface area contributed by atoms with Crippen LogP contribution in [0.15, 0.2) is 42.5 Å². The standard InChI is InChI=1S/C25H33Cl2N3O4S/c1-5-7-14-28-25(32)22(6-2)29(16-19-12-13-20(26)15-21(19)27)24(31)17-30(35(4,33)34)23-11-9-8-10-18(23)3/h8-13,15,22H,5-7,14,16-17H2,1-4H3,(H,28,32). The number of hydrogen-bond donors (Lipinski definition) is 1. The first kappa shape index (κ1) is 28.9. The zero-order valence-corrected chi connectivity index (χ0v) is 22.9. The summed E-state index contributed by atoms with van der Waals surface area (Å²) >= 11 is 12.4. The molecule has 0 spiro atoms. The molecule has 0 aliphatic heterocycles. The van der Waals surface area contributed by atoms with Crippen LogP contribution in [0, 0.1) is 6.92 Å². The molecule has 0 bridgehead atoms. The molecule has 192 valence electrons. The number of unbranched alkanes of at least 4 members (excludes halogenated alkanes) is 1. The molecule has 0 saturated heterocycles. The monoisotopic (exact) mass is 541 g/mol. The quantitative estimate of drug-likeness (QED) is 0.391. The molecule has 7 nitrogen and oxygen atoms in total. The highest BCUT2D eigenvalue weighted by Gasteiger charge is 2.32. The predicted molar refractivity (Wildman–Crippen MR) is 142 cm³/mol. The number of para-hydroxylation sites is 1. The molecule has 2 amide bonds. The Morgan fingerprint density at radius 1 is 1.09 bits per heavy atom. The van der Waals surface area contributed by atoms with Crippen molar-refractivity contribution in [2.24, 2.45) is 0 Å². The molecule has 0 radical (unpaired) electrons. The second-order valence-electron chi connectivity index (χ2n) is 8.38. The predicted octanol–water partition coefficient (Wildman–Crippen LogP) is 4.79. The van der Waals surface area contributed by atoms with Crippen molar-refractivity contribution in [2.45, 2.75) is 52.6 Å². The number of hydrogen-bond acceptors (Lipinski definition) is 4. The summed E-state index contributed by atoms with van der Waals surface area (Å²) in [5, 5.41) is 3.69. The molecule has 35 heavy (non-hydrogen) atoms. The summed E-state index contributed by atoms with van der Waals surface area (Å²) in [7, 11) is -3.78. The van der Waals surface area contributed by atoms with Crippen LogP contribution in [0.5, 0.6) is 0 Å². The van der Waals surface area contributed by atoms with Gasteiger partial charge in [0, 0.05) is 23.1 Å². The summed E-state index contributed by atoms with van der Waals surface area (Å²) in [6, 6.07) is 11.1. The summed E-state index contributed by atoms with van der Waals surface area (Å²) in [5.74, 6) is -0.802. The van der Waals surface area contributed by atoms with Crippen molar-refractivity contribution in [1.29, 1.82) is 0 Å². The molecule has 1 atom stereocenters. The molecule has 1 N–H and O–H groups in total. The van der Waals surface area contributed by atoms with Crippen molar-refractivity contribution < 1.29 is 18.0 Å². The number of carbonyl (C=O) groups is 2. The number of rotatable bonds is 12. The number of anilines is 1. The highest BCUT2D eigenvalue weighted by atomic mass is 35.5. The minimum atomic E-state index is -3.78. The molecule has 0 heterocycles. The zero-order valence-electron chi connectivity index (χ0n) is 20.6. The normalized spacial score (nSPS) is 12.2. The number of benzene rings is 2. The molecular weight excluding hydrogens is 509 g/mol. The highest BCUT2D eigenvalue weighted by Crippen LogP contribution is 2.26. The maximum Gasteiger partial charge on any atom is 0.244 e. The Balaban J connectivity index is 2.45. The highest BCUT2D eigenvalue weighted by molar-refractivity contribution is 7.92. The first-order valence-electron chi connectivity index (χ1n) is 11.5. The van der Waals surface area contributed by atoms with E-state index >= 15 is 0 Å². The first-order chi connectivity index (χ1) is 16.5. The van der Waals surface area contributed by atoms with Crippen molar-refractivity contribution in [1.82, 2.24) is 10.2 Å². The molecule has 0 aromatic heterocycles. The molecule has 0 aliphatic carbocycles. The molecule has 0 aliphatic rings.